The summed E-state index contributed by atoms with van der Waals surface area (Å²) in [4.78, 5) is 14.6. The molecular formula is C16H21ClN2O. The Hall–Kier alpha value is -1.06. The molecule has 20 heavy (non-hydrogen) atoms. The smallest absolute Gasteiger partial charge is 0.226 e. The molecule has 3 nitrogen and oxygen atoms in total. The van der Waals surface area contributed by atoms with E-state index < -0.39 is 0 Å². The van der Waals surface area contributed by atoms with Crippen molar-refractivity contribution >= 4 is 17.5 Å². The zero-order chi connectivity index (χ0) is 14.3. The van der Waals surface area contributed by atoms with Crippen molar-refractivity contribution in [3.05, 3.63) is 34.9 Å². The van der Waals surface area contributed by atoms with Crippen molar-refractivity contribution in [2.24, 2.45) is 11.7 Å². The summed E-state index contributed by atoms with van der Waals surface area (Å²) in [6.45, 7) is 2.91. The second-order valence-electron chi connectivity index (χ2n) is 6.17. The summed E-state index contributed by atoms with van der Waals surface area (Å²) in [5.41, 5.74) is 7.15. The van der Waals surface area contributed by atoms with Crippen LogP contribution in [0.4, 0.5) is 0 Å². The summed E-state index contributed by atoms with van der Waals surface area (Å²) in [6.07, 6.45) is 2.79. The molecule has 1 saturated carbocycles. The van der Waals surface area contributed by atoms with Gasteiger partial charge in [-0.1, -0.05) is 23.7 Å². The fourth-order valence-electron chi connectivity index (χ4n) is 3.32. The Labute approximate surface area is 125 Å². The first-order chi connectivity index (χ1) is 9.56. The van der Waals surface area contributed by atoms with Gasteiger partial charge < -0.3 is 10.6 Å². The minimum Gasteiger partial charge on any atom is -0.340 e. The van der Waals surface area contributed by atoms with Gasteiger partial charge in [0.15, 0.2) is 0 Å². The lowest BCUT2D eigenvalue weighted by Gasteiger charge is -2.36. The van der Waals surface area contributed by atoms with E-state index in [0.29, 0.717) is 11.8 Å². The van der Waals surface area contributed by atoms with Crippen molar-refractivity contribution in [3.63, 3.8) is 0 Å². The number of hydrogen-bond acceptors (Lipinski definition) is 2. The van der Waals surface area contributed by atoms with Crippen LogP contribution in [0.1, 0.15) is 37.7 Å². The van der Waals surface area contributed by atoms with Gasteiger partial charge in [-0.2, -0.15) is 0 Å². The van der Waals surface area contributed by atoms with Crippen molar-refractivity contribution in [2.45, 2.75) is 44.2 Å². The van der Waals surface area contributed by atoms with E-state index in [-0.39, 0.29) is 18.0 Å². The average molecular weight is 293 g/mol. The minimum absolute atomic E-state index is 0.144. The molecule has 0 bridgehead atoms. The first-order valence-electron chi connectivity index (χ1n) is 7.38. The first-order valence-corrected chi connectivity index (χ1v) is 7.75. The molecule has 1 aliphatic heterocycles. The van der Waals surface area contributed by atoms with Crippen molar-refractivity contribution in [1.29, 1.82) is 0 Å². The second kappa shape index (κ2) is 5.38. The maximum absolute atomic E-state index is 12.6. The van der Waals surface area contributed by atoms with E-state index in [4.69, 9.17) is 17.3 Å². The van der Waals surface area contributed by atoms with Gasteiger partial charge in [0, 0.05) is 29.6 Å². The predicted octanol–water partition coefficient (Wildman–Crippen LogP) is 2.78. The number of carbonyl (C=O) groups is 1. The Bertz CT molecular complexity index is 519. The Kier molecular flexibility index (Phi) is 3.74. The SMILES string of the molecule is C[C@@H]1C[C@H](N)CCN1C(=O)[C@H]1C[C@@H]1c1cccc(Cl)c1. The van der Waals surface area contributed by atoms with E-state index in [9.17, 15) is 4.79 Å². The largest absolute Gasteiger partial charge is 0.340 e. The zero-order valence-corrected chi connectivity index (χ0v) is 12.5. The van der Waals surface area contributed by atoms with Crippen LogP contribution < -0.4 is 5.73 Å². The molecule has 4 atom stereocenters. The van der Waals surface area contributed by atoms with Crippen molar-refractivity contribution in [2.75, 3.05) is 6.54 Å². The van der Waals surface area contributed by atoms with Gasteiger partial charge >= 0.3 is 0 Å². The lowest BCUT2D eigenvalue weighted by atomic mass is 9.98. The fourth-order valence-corrected chi connectivity index (χ4v) is 3.52. The quantitative estimate of drug-likeness (QED) is 0.911. The van der Waals surface area contributed by atoms with Crippen LogP contribution in [0, 0.1) is 5.92 Å². The van der Waals surface area contributed by atoms with Crippen LogP contribution in [0.3, 0.4) is 0 Å². The molecule has 2 fully saturated rings. The highest BCUT2D eigenvalue weighted by Gasteiger charge is 2.47. The maximum atomic E-state index is 12.6. The van der Waals surface area contributed by atoms with E-state index in [1.807, 2.05) is 23.1 Å². The number of nitrogens with zero attached hydrogens (tertiary/aromatic N) is 1. The van der Waals surface area contributed by atoms with Gasteiger partial charge in [0.1, 0.15) is 0 Å². The number of carbonyl (C=O) groups excluding carboxylic acids is 1. The number of nitrogens with two attached hydrogens (primary N) is 1. The predicted molar refractivity (Wildman–Crippen MR) is 80.7 cm³/mol. The van der Waals surface area contributed by atoms with E-state index in [1.165, 1.54) is 5.56 Å². The molecular weight excluding hydrogens is 272 g/mol. The molecule has 3 rings (SSSR count). The summed E-state index contributed by atoms with van der Waals surface area (Å²) in [5.74, 6) is 0.795. The Morgan fingerprint density at radius 1 is 1.40 bits per heavy atom. The molecule has 0 radical (unpaired) electrons. The fraction of sp³-hybridized carbons (Fsp3) is 0.562. The van der Waals surface area contributed by atoms with Gasteiger partial charge in [0.2, 0.25) is 5.91 Å². The summed E-state index contributed by atoms with van der Waals surface area (Å²) in [7, 11) is 0. The second-order valence-corrected chi connectivity index (χ2v) is 6.61. The topological polar surface area (TPSA) is 46.3 Å². The Balaban J connectivity index is 1.65. The van der Waals surface area contributed by atoms with Gasteiger partial charge in [0.05, 0.1) is 0 Å². The summed E-state index contributed by atoms with van der Waals surface area (Å²) < 4.78 is 0. The molecule has 2 N–H and O–H groups in total. The molecule has 1 aromatic rings. The number of likely N-dealkylation sites (tertiary alicyclic amines) is 1. The summed E-state index contributed by atoms with van der Waals surface area (Å²) >= 11 is 6.02. The van der Waals surface area contributed by atoms with Gasteiger partial charge in [-0.25, -0.2) is 0 Å². The minimum atomic E-state index is 0.144. The van der Waals surface area contributed by atoms with Crippen LogP contribution in [0.2, 0.25) is 5.02 Å². The third-order valence-electron chi connectivity index (χ3n) is 4.58. The van der Waals surface area contributed by atoms with Crippen LogP contribution in [0.25, 0.3) is 0 Å². The molecule has 1 aromatic carbocycles. The van der Waals surface area contributed by atoms with E-state index in [0.717, 1.165) is 30.8 Å². The molecule has 1 heterocycles. The van der Waals surface area contributed by atoms with Crippen LogP contribution in [0.5, 0.6) is 0 Å². The van der Waals surface area contributed by atoms with Crippen LogP contribution >= 0.6 is 11.6 Å². The van der Waals surface area contributed by atoms with Crippen LogP contribution in [-0.4, -0.2) is 29.4 Å². The van der Waals surface area contributed by atoms with Gasteiger partial charge in [-0.15, -0.1) is 0 Å². The highest BCUT2D eigenvalue weighted by Crippen LogP contribution is 2.49. The molecule has 1 amide bonds. The molecule has 0 unspecified atom stereocenters. The third-order valence-corrected chi connectivity index (χ3v) is 4.82. The zero-order valence-electron chi connectivity index (χ0n) is 11.8. The first kappa shape index (κ1) is 13.9. The lowest BCUT2D eigenvalue weighted by molar-refractivity contribution is -0.136. The van der Waals surface area contributed by atoms with E-state index >= 15 is 0 Å². The number of piperidine rings is 1. The monoisotopic (exact) mass is 292 g/mol. The number of rotatable bonds is 2. The van der Waals surface area contributed by atoms with Crippen molar-refractivity contribution in [1.82, 2.24) is 4.90 Å². The summed E-state index contributed by atoms with van der Waals surface area (Å²) in [6, 6.07) is 8.40. The molecule has 0 spiro atoms. The molecule has 108 valence electrons. The Morgan fingerprint density at radius 2 is 2.20 bits per heavy atom. The number of halogens is 1. The number of hydrogen-bond donors (Lipinski definition) is 1. The van der Waals surface area contributed by atoms with Crippen LogP contribution in [0.15, 0.2) is 24.3 Å². The molecule has 1 aliphatic carbocycles. The maximum Gasteiger partial charge on any atom is 0.226 e. The lowest BCUT2D eigenvalue weighted by Crippen LogP contribution is -2.49. The average Bonchev–Trinajstić information content (AvgIpc) is 3.18. The molecule has 1 saturated heterocycles. The molecule has 0 aromatic heterocycles. The molecule has 4 heteroatoms. The highest BCUT2D eigenvalue weighted by molar-refractivity contribution is 6.30. The summed E-state index contributed by atoms with van der Waals surface area (Å²) in [5, 5.41) is 0.748. The van der Waals surface area contributed by atoms with Crippen LogP contribution in [-0.2, 0) is 4.79 Å². The number of benzene rings is 1. The number of amides is 1. The Morgan fingerprint density at radius 3 is 2.90 bits per heavy atom. The standard InChI is InChI=1S/C16H21ClN2O/c1-10-7-13(18)5-6-19(10)16(20)15-9-14(15)11-3-2-4-12(17)8-11/h2-4,8,10,13-15H,5-7,9,18H2,1H3/t10-,13-,14-,15+/m1/s1. The van der Waals surface area contributed by atoms with Crippen molar-refractivity contribution in [3.8, 4) is 0 Å². The van der Waals surface area contributed by atoms with E-state index in [2.05, 4.69) is 13.0 Å². The third kappa shape index (κ3) is 2.70. The van der Waals surface area contributed by atoms with Gasteiger partial charge in [-0.3, -0.25) is 4.79 Å². The van der Waals surface area contributed by atoms with Crippen molar-refractivity contribution < 1.29 is 4.79 Å². The van der Waals surface area contributed by atoms with Gasteiger partial charge in [-0.05, 0) is 49.8 Å². The van der Waals surface area contributed by atoms with E-state index in [1.54, 1.807) is 0 Å². The normalized spacial score (nSPS) is 33.0. The molecule has 2 aliphatic rings. The highest BCUT2D eigenvalue weighted by atomic mass is 35.5. The van der Waals surface area contributed by atoms with Gasteiger partial charge in [0.25, 0.3) is 0 Å².